The number of carbonyl (C=O) groups excluding carboxylic acids is 2. The minimum atomic E-state index is -1.03. The molecule has 0 bridgehead atoms. The number of hydrogen-bond acceptors (Lipinski definition) is 3. The van der Waals surface area contributed by atoms with Crippen molar-refractivity contribution in [1.82, 2.24) is 0 Å². The average Bonchev–Trinajstić information content (AvgIpc) is 2.82. The smallest absolute Gasteiger partial charge is 0.307 e. The van der Waals surface area contributed by atoms with Crippen LogP contribution in [0.2, 0.25) is 0 Å². The number of carboxylic acid groups (broad SMARTS) is 1. The highest BCUT2D eigenvalue weighted by molar-refractivity contribution is 5.99. The zero-order chi connectivity index (χ0) is 25.3. The summed E-state index contributed by atoms with van der Waals surface area (Å²) >= 11 is 0. The second-order valence-electron chi connectivity index (χ2n) is 9.17. The number of carboxylic acids is 1. The predicted octanol–water partition coefficient (Wildman–Crippen LogP) is 7.04. The molecule has 0 aliphatic carbocycles. The van der Waals surface area contributed by atoms with Gasteiger partial charge in [0.2, 0.25) is 0 Å². The molecule has 0 heterocycles. The molecule has 0 aromatic heterocycles. The molecule has 0 spiro atoms. The van der Waals surface area contributed by atoms with Crippen molar-refractivity contribution in [2.45, 2.75) is 40.5 Å². The predicted molar refractivity (Wildman–Crippen MR) is 138 cm³/mol. The number of ketones is 2. The molecular formula is C30H34O4. The van der Waals surface area contributed by atoms with Gasteiger partial charge in [-0.25, -0.2) is 0 Å². The first-order chi connectivity index (χ1) is 16.1. The molecule has 4 nitrogen and oxygen atoms in total. The van der Waals surface area contributed by atoms with Crippen molar-refractivity contribution >= 4 is 23.1 Å². The quantitative estimate of drug-likeness (QED) is 0.273. The van der Waals surface area contributed by atoms with Gasteiger partial charge in [0.05, 0.1) is 5.92 Å². The Bertz CT molecular complexity index is 1070. The zero-order valence-corrected chi connectivity index (χ0v) is 20.5. The molecule has 0 saturated heterocycles. The lowest BCUT2D eigenvalue weighted by atomic mass is 9.66. The molecule has 1 N–H and O–H groups in total. The van der Waals surface area contributed by atoms with Gasteiger partial charge in [-0.15, -0.1) is 0 Å². The summed E-state index contributed by atoms with van der Waals surface area (Å²) in [5.41, 5.74) is 2.22. The number of rotatable bonds is 12. The van der Waals surface area contributed by atoms with Gasteiger partial charge in [0.15, 0.2) is 11.6 Å². The third-order valence-corrected chi connectivity index (χ3v) is 6.63. The van der Waals surface area contributed by atoms with Gasteiger partial charge >= 0.3 is 5.97 Å². The molecule has 2 rings (SSSR count). The van der Waals surface area contributed by atoms with Crippen molar-refractivity contribution in [3.05, 3.63) is 102 Å². The number of benzene rings is 2. The van der Waals surface area contributed by atoms with Gasteiger partial charge in [0.1, 0.15) is 0 Å². The Labute approximate surface area is 202 Å². The van der Waals surface area contributed by atoms with E-state index in [0.29, 0.717) is 11.1 Å². The normalized spacial score (nSPS) is 13.9. The third-order valence-electron chi connectivity index (χ3n) is 6.63. The standard InChI is InChI=1S/C30H34O4/c1-6-11-22(12-7-2)23-15-17-25(18-16-23)28(32)20-26(29(33)34)30(4,5)21(3)19-27(31)24-13-9-8-10-14-24/h6-18,21,26H,1,19-20H2,2-5H3,(H,33,34)/b12-7-,22-11+. The van der Waals surface area contributed by atoms with Gasteiger partial charge in [0.25, 0.3) is 0 Å². The van der Waals surface area contributed by atoms with Gasteiger partial charge in [-0.1, -0.05) is 106 Å². The molecule has 2 aromatic rings. The van der Waals surface area contributed by atoms with Crippen LogP contribution in [0.4, 0.5) is 0 Å². The molecule has 2 unspecified atom stereocenters. The Hall–Kier alpha value is -3.53. The van der Waals surface area contributed by atoms with Gasteiger partial charge in [-0.3, -0.25) is 14.4 Å². The maximum Gasteiger partial charge on any atom is 0.307 e. The minimum absolute atomic E-state index is 0.0308. The highest BCUT2D eigenvalue weighted by Gasteiger charge is 2.41. The van der Waals surface area contributed by atoms with Crippen molar-refractivity contribution in [3.8, 4) is 0 Å². The van der Waals surface area contributed by atoms with Crippen molar-refractivity contribution in [3.63, 3.8) is 0 Å². The van der Waals surface area contributed by atoms with E-state index in [-0.39, 0.29) is 30.3 Å². The van der Waals surface area contributed by atoms with Gasteiger partial charge in [-0.05, 0) is 29.4 Å². The van der Waals surface area contributed by atoms with Crippen molar-refractivity contribution in [2.24, 2.45) is 17.3 Å². The largest absolute Gasteiger partial charge is 0.481 e. The van der Waals surface area contributed by atoms with Crippen LogP contribution in [0.25, 0.3) is 5.57 Å². The topological polar surface area (TPSA) is 71.4 Å². The van der Waals surface area contributed by atoms with E-state index in [1.54, 1.807) is 30.3 Å². The molecular weight excluding hydrogens is 424 g/mol. The van der Waals surface area contributed by atoms with E-state index in [2.05, 4.69) is 6.58 Å². The van der Waals surface area contributed by atoms with Crippen LogP contribution in [0.3, 0.4) is 0 Å². The summed E-state index contributed by atoms with van der Waals surface area (Å²) in [6.07, 6.45) is 7.57. The lowest BCUT2D eigenvalue weighted by Crippen LogP contribution is -2.38. The van der Waals surface area contributed by atoms with Crippen LogP contribution in [-0.2, 0) is 4.79 Å². The van der Waals surface area contributed by atoms with Crippen molar-refractivity contribution < 1.29 is 19.5 Å². The van der Waals surface area contributed by atoms with Crippen LogP contribution in [0.15, 0.2) is 85.5 Å². The molecule has 0 amide bonds. The molecule has 34 heavy (non-hydrogen) atoms. The number of hydrogen-bond donors (Lipinski definition) is 1. The monoisotopic (exact) mass is 458 g/mol. The Balaban J connectivity index is 2.18. The fraction of sp³-hybridized carbons (Fsp3) is 0.300. The molecule has 0 saturated carbocycles. The molecule has 0 radical (unpaired) electrons. The highest BCUT2D eigenvalue weighted by atomic mass is 16.4. The van der Waals surface area contributed by atoms with E-state index in [1.165, 1.54) is 0 Å². The molecule has 178 valence electrons. The van der Waals surface area contributed by atoms with E-state index in [9.17, 15) is 19.5 Å². The lowest BCUT2D eigenvalue weighted by Gasteiger charge is -2.37. The first-order valence-electron chi connectivity index (χ1n) is 11.5. The summed E-state index contributed by atoms with van der Waals surface area (Å²) in [6, 6.07) is 16.1. The van der Waals surface area contributed by atoms with Crippen LogP contribution >= 0.6 is 0 Å². The number of carbonyl (C=O) groups is 3. The van der Waals surface area contributed by atoms with E-state index in [0.717, 1.165) is 11.1 Å². The first-order valence-corrected chi connectivity index (χ1v) is 11.5. The zero-order valence-electron chi connectivity index (χ0n) is 20.5. The fourth-order valence-corrected chi connectivity index (χ4v) is 4.00. The summed E-state index contributed by atoms with van der Waals surface area (Å²) in [4.78, 5) is 37.9. The first kappa shape index (κ1) is 26.7. The number of aliphatic carboxylic acids is 1. The van der Waals surface area contributed by atoms with Crippen LogP contribution < -0.4 is 0 Å². The fourth-order valence-electron chi connectivity index (χ4n) is 4.00. The van der Waals surface area contributed by atoms with Gasteiger partial charge in [-0.2, -0.15) is 0 Å². The number of allylic oxidation sites excluding steroid dienone is 5. The van der Waals surface area contributed by atoms with Crippen LogP contribution in [0.1, 0.15) is 66.8 Å². The summed E-state index contributed by atoms with van der Waals surface area (Å²) in [5, 5.41) is 9.98. The molecule has 0 aliphatic heterocycles. The van der Waals surface area contributed by atoms with E-state index >= 15 is 0 Å². The van der Waals surface area contributed by atoms with E-state index < -0.39 is 17.3 Å². The van der Waals surface area contributed by atoms with Gasteiger partial charge in [0, 0.05) is 24.0 Å². The molecule has 4 heteroatoms. The SMILES string of the molecule is C=C/C=C(\C=C/C)c1ccc(C(=O)CC(C(=O)O)C(C)(C)C(C)CC(=O)c2ccccc2)cc1. The molecule has 2 aromatic carbocycles. The highest BCUT2D eigenvalue weighted by Crippen LogP contribution is 2.40. The van der Waals surface area contributed by atoms with E-state index in [1.807, 2.05) is 76.3 Å². The summed E-state index contributed by atoms with van der Waals surface area (Å²) in [5.74, 6) is -2.44. The molecule has 2 atom stereocenters. The van der Waals surface area contributed by atoms with Crippen LogP contribution in [0, 0.1) is 17.3 Å². The van der Waals surface area contributed by atoms with E-state index in [4.69, 9.17) is 0 Å². The van der Waals surface area contributed by atoms with Gasteiger partial charge < -0.3 is 5.11 Å². The number of Topliss-reactive ketones (excluding diaryl/α,β-unsaturated/α-hetero) is 2. The van der Waals surface area contributed by atoms with Crippen LogP contribution in [-0.4, -0.2) is 22.6 Å². The van der Waals surface area contributed by atoms with Crippen molar-refractivity contribution in [2.75, 3.05) is 0 Å². The third kappa shape index (κ3) is 6.74. The molecule has 0 aliphatic rings. The van der Waals surface area contributed by atoms with Crippen molar-refractivity contribution in [1.29, 1.82) is 0 Å². The Morgan fingerprint density at radius 3 is 1.97 bits per heavy atom. The second kappa shape index (κ2) is 12.1. The average molecular weight is 459 g/mol. The Morgan fingerprint density at radius 1 is 0.912 bits per heavy atom. The summed E-state index contributed by atoms with van der Waals surface area (Å²) in [6.45, 7) is 11.2. The lowest BCUT2D eigenvalue weighted by molar-refractivity contribution is -0.147. The summed E-state index contributed by atoms with van der Waals surface area (Å²) in [7, 11) is 0. The van der Waals surface area contributed by atoms with Crippen LogP contribution in [0.5, 0.6) is 0 Å². The Morgan fingerprint density at radius 2 is 1.44 bits per heavy atom. The minimum Gasteiger partial charge on any atom is -0.481 e. The Kier molecular flexibility index (Phi) is 9.49. The molecule has 0 fully saturated rings. The maximum atomic E-state index is 13.0. The maximum absolute atomic E-state index is 13.0. The second-order valence-corrected chi connectivity index (χ2v) is 9.17. The summed E-state index contributed by atoms with van der Waals surface area (Å²) < 4.78 is 0.